The molecular weight excluding hydrogens is 518 g/mol. The molecule has 41 heavy (non-hydrogen) atoms. The van der Waals surface area contributed by atoms with Crippen molar-refractivity contribution in [1.29, 1.82) is 0 Å². The maximum absolute atomic E-state index is 14.6. The number of benzene rings is 2. The highest BCUT2D eigenvalue weighted by atomic mass is 16.6. The van der Waals surface area contributed by atoms with Gasteiger partial charge in [-0.2, -0.15) is 0 Å². The number of alkyl carbamates (subject to hydrolysis) is 1. The molecule has 2 aromatic carbocycles. The summed E-state index contributed by atoms with van der Waals surface area (Å²) in [6.07, 6.45) is 5.47. The van der Waals surface area contributed by atoms with E-state index < -0.39 is 23.8 Å². The van der Waals surface area contributed by atoms with Gasteiger partial charge in [-0.1, -0.05) is 68.1 Å². The maximum Gasteiger partial charge on any atom is 0.408 e. The van der Waals surface area contributed by atoms with E-state index in [4.69, 9.17) is 4.74 Å². The van der Waals surface area contributed by atoms with E-state index in [1.165, 1.54) is 6.42 Å². The number of aryl methyl sites for hydroxylation is 1. The van der Waals surface area contributed by atoms with Crippen LogP contribution in [0, 0.1) is 12.8 Å². The van der Waals surface area contributed by atoms with Crippen molar-refractivity contribution in [2.45, 2.75) is 109 Å². The lowest BCUT2D eigenvalue weighted by atomic mass is 9.94. The summed E-state index contributed by atoms with van der Waals surface area (Å²) in [4.78, 5) is 43.3. The molecule has 4 rings (SSSR count). The number of nitrogens with one attached hydrogen (secondary N) is 2. The summed E-state index contributed by atoms with van der Waals surface area (Å²) >= 11 is 0. The quantitative estimate of drug-likeness (QED) is 0.370. The van der Waals surface area contributed by atoms with E-state index in [0.717, 1.165) is 48.8 Å². The highest BCUT2D eigenvalue weighted by Crippen LogP contribution is 2.41. The van der Waals surface area contributed by atoms with Gasteiger partial charge < -0.3 is 25.4 Å². The molecule has 0 heterocycles. The molecule has 2 aliphatic carbocycles. The van der Waals surface area contributed by atoms with Crippen molar-refractivity contribution >= 4 is 17.9 Å². The first-order valence-corrected chi connectivity index (χ1v) is 14.9. The molecule has 2 aliphatic rings. The van der Waals surface area contributed by atoms with Gasteiger partial charge in [0.15, 0.2) is 0 Å². The van der Waals surface area contributed by atoms with E-state index in [1.807, 2.05) is 31.2 Å². The number of rotatable bonds is 9. The van der Waals surface area contributed by atoms with Crippen molar-refractivity contribution in [3.8, 4) is 5.75 Å². The Labute approximate surface area is 243 Å². The van der Waals surface area contributed by atoms with Crippen LogP contribution in [0.4, 0.5) is 4.79 Å². The molecule has 0 radical (unpaired) electrons. The minimum Gasteiger partial charge on any atom is -0.508 e. The van der Waals surface area contributed by atoms with Gasteiger partial charge in [0.05, 0.1) is 0 Å². The summed E-state index contributed by atoms with van der Waals surface area (Å²) in [7, 11) is 0. The van der Waals surface area contributed by atoms with E-state index in [2.05, 4.69) is 17.6 Å². The van der Waals surface area contributed by atoms with Gasteiger partial charge in [0, 0.05) is 18.5 Å². The highest BCUT2D eigenvalue weighted by molar-refractivity contribution is 5.93. The van der Waals surface area contributed by atoms with Gasteiger partial charge >= 0.3 is 6.09 Å². The largest absolute Gasteiger partial charge is 0.508 e. The van der Waals surface area contributed by atoms with Crippen LogP contribution in [-0.4, -0.2) is 51.6 Å². The summed E-state index contributed by atoms with van der Waals surface area (Å²) in [6.45, 7) is 9.36. The summed E-state index contributed by atoms with van der Waals surface area (Å²) in [5.41, 5.74) is 1.78. The number of amides is 3. The van der Waals surface area contributed by atoms with E-state index in [-0.39, 0.29) is 42.0 Å². The molecule has 0 aliphatic heterocycles. The van der Waals surface area contributed by atoms with Gasteiger partial charge in [0.2, 0.25) is 11.8 Å². The van der Waals surface area contributed by atoms with E-state index in [1.54, 1.807) is 49.9 Å². The van der Waals surface area contributed by atoms with Gasteiger partial charge in [0.25, 0.3) is 0 Å². The zero-order valence-electron chi connectivity index (χ0n) is 25.0. The second kappa shape index (κ2) is 13.0. The Bertz CT molecular complexity index is 1220. The third-order valence-electron chi connectivity index (χ3n) is 7.88. The topological polar surface area (TPSA) is 108 Å². The average Bonchev–Trinajstić information content (AvgIpc) is 3.62. The number of hydrogen-bond acceptors (Lipinski definition) is 5. The molecule has 4 unspecified atom stereocenters. The first-order valence-electron chi connectivity index (χ1n) is 14.9. The Balaban J connectivity index is 1.70. The fourth-order valence-electron chi connectivity index (χ4n) is 5.68. The summed E-state index contributed by atoms with van der Waals surface area (Å²) in [6, 6.07) is 12.5. The van der Waals surface area contributed by atoms with Crippen LogP contribution in [0.15, 0.2) is 48.5 Å². The van der Waals surface area contributed by atoms with E-state index >= 15 is 0 Å². The van der Waals surface area contributed by atoms with Crippen molar-refractivity contribution < 1.29 is 24.2 Å². The Hall–Kier alpha value is -3.55. The summed E-state index contributed by atoms with van der Waals surface area (Å²) < 4.78 is 5.52. The summed E-state index contributed by atoms with van der Waals surface area (Å²) in [5.74, 6) is -0.173. The number of hydrogen-bond donors (Lipinski definition) is 3. The first kappa shape index (κ1) is 30.4. The minimum atomic E-state index is -0.975. The number of aromatic hydroxyl groups is 1. The Morgan fingerprint density at radius 2 is 1.71 bits per heavy atom. The number of nitrogens with zero attached hydrogens (tertiary/aromatic N) is 1. The lowest BCUT2D eigenvalue weighted by molar-refractivity contribution is -0.143. The van der Waals surface area contributed by atoms with Gasteiger partial charge in [0.1, 0.15) is 23.4 Å². The van der Waals surface area contributed by atoms with Crippen LogP contribution >= 0.6 is 0 Å². The second-order valence-corrected chi connectivity index (χ2v) is 12.8. The van der Waals surface area contributed by atoms with Gasteiger partial charge in [-0.25, -0.2) is 4.79 Å². The highest BCUT2D eigenvalue weighted by Gasteiger charge is 2.48. The smallest absolute Gasteiger partial charge is 0.408 e. The third-order valence-corrected chi connectivity index (χ3v) is 7.88. The molecule has 2 fully saturated rings. The zero-order valence-corrected chi connectivity index (χ0v) is 25.0. The molecule has 8 nitrogen and oxygen atoms in total. The third kappa shape index (κ3) is 8.47. The van der Waals surface area contributed by atoms with Crippen molar-refractivity contribution in [3.63, 3.8) is 0 Å². The summed E-state index contributed by atoms with van der Waals surface area (Å²) in [5, 5.41) is 15.8. The zero-order chi connectivity index (χ0) is 29.7. The Kier molecular flexibility index (Phi) is 9.61. The van der Waals surface area contributed by atoms with Crippen LogP contribution in [0.1, 0.15) is 89.0 Å². The molecule has 3 N–H and O–H groups in total. The minimum absolute atomic E-state index is 0.0878. The molecule has 4 atom stereocenters. The molecule has 0 saturated heterocycles. The number of phenols is 1. The average molecular weight is 564 g/mol. The number of ether oxygens (including phenoxy) is 1. The van der Waals surface area contributed by atoms with Crippen molar-refractivity contribution in [2.75, 3.05) is 0 Å². The molecule has 0 bridgehead atoms. The predicted octanol–water partition coefficient (Wildman–Crippen LogP) is 5.56. The molecule has 0 aromatic heterocycles. The van der Waals surface area contributed by atoms with Crippen LogP contribution in [-0.2, 0) is 20.7 Å². The normalized spacial score (nSPS) is 20.4. The lowest BCUT2D eigenvalue weighted by Crippen LogP contribution is -2.55. The van der Waals surface area contributed by atoms with Gasteiger partial charge in [-0.15, -0.1) is 0 Å². The SMILES string of the molecule is Cc1cccc(C(C(=O)NC2CCCCC2)N(C(=O)C(Cc2ccc(O)cc2)NC(=O)OC(C)(C)C)C2CC2C)c1. The van der Waals surface area contributed by atoms with Crippen LogP contribution in [0.3, 0.4) is 0 Å². The fraction of sp³-hybridized carbons (Fsp3) is 0.545. The predicted molar refractivity (Wildman–Crippen MR) is 158 cm³/mol. The van der Waals surface area contributed by atoms with Crippen LogP contribution < -0.4 is 10.6 Å². The van der Waals surface area contributed by atoms with Gasteiger partial charge in [-0.05, 0) is 76.1 Å². The van der Waals surface area contributed by atoms with Crippen LogP contribution in [0.25, 0.3) is 0 Å². The monoisotopic (exact) mass is 563 g/mol. The van der Waals surface area contributed by atoms with Crippen molar-refractivity contribution in [2.24, 2.45) is 5.92 Å². The first-order chi connectivity index (χ1) is 19.4. The molecule has 0 spiro atoms. The van der Waals surface area contributed by atoms with Crippen molar-refractivity contribution in [3.05, 3.63) is 65.2 Å². The lowest BCUT2D eigenvalue weighted by Gasteiger charge is -2.36. The maximum atomic E-state index is 14.6. The molecule has 2 aromatic rings. The molecule has 222 valence electrons. The van der Waals surface area contributed by atoms with E-state index in [9.17, 15) is 19.5 Å². The Morgan fingerprint density at radius 1 is 1.05 bits per heavy atom. The number of phenolic OH excluding ortho intramolecular Hbond substituents is 1. The van der Waals surface area contributed by atoms with Gasteiger partial charge in [-0.3, -0.25) is 9.59 Å². The number of carbonyl (C=O) groups excluding carboxylic acids is 3. The second-order valence-electron chi connectivity index (χ2n) is 12.8. The molecule has 2 saturated carbocycles. The standard InChI is InChI=1S/C33H45N3O5/c1-21-10-9-11-24(18-21)29(30(38)34-25-12-7-6-8-13-25)36(28-19-22(28)2)31(39)27(35-32(40)41-33(3,4)5)20-23-14-16-26(37)17-15-23/h9-11,14-18,22,25,27-29,37H,6-8,12-13,19-20H2,1-5H3,(H,34,38)(H,35,40). The number of carbonyl (C=O) groups is 3. The van der Waals surface area contributed by atoms with Crippen LogP contribution in [0.5, 0.6) is 5.75 Å². The van der Waals surface area contributed by atoms with Crippen molar-refractivity contribution in [1.82, 2.24) is 15.5 Å². The van der Waals surface area contributed by atoms with E-state index in [0.29, 0.717) is 0 Å². The molecule has 8 heteroatoms. The van der Waals surface area contributed by atoms with Crippen LogP contribution in [0.2, 0.25) is 0 Å². The molecule has 3 amide bonds. The molecular formula is C33H45N3O5. The Morgan fingerprint density at radius 3 is 2.29 bits per heavy atom. The fourth-order valence-corrected chi connectivity index (χ4v) is 5.68.